The molecule has 7 heteroatoms. The number of carboxylic acid groups (broad SMARTS) is 1. The number of aliphatic carboxylic acids is 1. The molecule has 1 unspecified atom stereocenters. The summed E-state index contributed by atoms with van der Waals surface area (Å²) in [5.41, 5.74) is 0. The van der Waals surface area contributed by atoms with E-state index >= 15 is 0 Å². The first kappa shape index (κ1) is 25.4. The Labute approximate surface area is 162 Å². The lowest BCUT2D eigenvalue weighted by atomic mass is 10.1. The minimum absolute atomic E-state index is 0.233. The van der Waals surface area contributed by atoms with E-state index in [1.54, 1.807) is 0 Å². The van der Waals surface area contributed by atoms with E-state index in [1.807, 2.05) is 0 Å². The smallest absolute Gasteiger partial charge is 0.306 e. The highest BCUT2D eigenvalue weighted by molar-refractivity contribution is 5.76. The van der Waals surface area contributed by atoms with Crippen LogP contribution in [0.5, 0.6) is 0 Å². The normalized spacial score (nSPS) is 11.8. The fourth-order valence-corrected chi connectivity index (χ4v) is 2.54. The molecule has 0 heterocycles. The van der Waals surface area contributed by atoms with Gasteiger partial charge in [0.2, 0.25) is 0 Å². The second kappa shape index (κ2) is 17.8. The first-order valence-corrected chi connectivity index (χ1v) is 10.2. The van der Waals surface area contributed by atoms with Crippen LogP contribution in [0.4, 0.5) is 0 Å². The molecule has 0 rings (SSSR count). The molecule has 0 radical (unpaired) electrons. The fourth-order valence-electron chi connectivity index (χ4n) is 2.54. The van der Waals surface area contributed by atoms with Crippen molar-refractivity contribution in [2.45, 2.75) is 96.5 Å². The molecule has 0 spiro atoms. The van der Waals surface area contributed by atoms with Crippen molar-refractivity contribution < 1.29 is 34.1 Å². The van der Waals surface area contributed by atoms with Crippen LogP contribution < -0.4 is 0 Å². The Kier molecular flexibility index (Phi) is 16.7. The molecule has 1 atom stereocenters. The zero-order chi connectivity index (χ0) is 20.3. The molecule has 2 N–H and O–H groups in total. The van der Waals surface area contributed by atoms with Gasteiger partial charge >= 0.3 is 17.9 Å². The average Bonchev–Trinajstić information content (AvgIpc) is 2.64. The zero-order valence-corrected chi connectivity index (χ0v) is 16.6. The van der Waals surface area contributed by atoms with E-state index in [9.17, 15) is 19.5 Å². The van der Waals surface area contributed by atoms with Crippen LogP contribution in [0, 0.1) is 0 Å². The Morgan fingerprint density at radius 1 is 0.704 bits per heavy atom. The van der Waals surface area contributed by atoms with Gasteiger partial charge in [-0.2, -0.15) is 0 Å². The molecule has 0 aromatic rings. The lowest BCUT2D eigenvalue weighted by molar-refractivity contribution is -0.154. The van der Waals surface area contributed by atoms with E-state index in [4.69, 9.17) is 14.6 Å². The van der Waals surface area contributed by atoms with Crippen LogP contribution >= 0.6 is 0 Å². The van der Waals surface area contributed by atoms with Crippen LogP contribution in [-0.4, -0.2) is 47.4 Å². The third-order valence-corrected chi connectivity index (χ3v) is 4.15. The fraction of sp³-hybridized carbons (Fsp3) is 0.850. The Balaban J connectivity index is 3.47. The van der Waals surface area contributed by atoms with E-state index in [2.05, 4.69) is 6.92 Å². The number of rotatable bonds is 18. The summed E-state index contributed by atoms with van der Waals surface area (Å²) in [6, 6.07) is 0. The standard InChI is InChI=1S/C20H36O7/c1-2-3-4-5-6-7-8-9-10-11-12-19(24)26-15-17(21)16-27-20(25)14-13-18(22)23/h17,21H,2-16H2,1H3,(H,22,23). The van der Waals surface area contributed by atoms with Crippen molar-refractivity contribution in [1.29, 1.82) is 0 Å². The van der Waals surface area contributed by atoms with Gasteiger partial charge in [-0.25, -0.2) is 0 Å². The maximum Gasteiger partial charge on any atom is 0.306 e. The van der Waals surface area contributed by atoms with Crippen molar-refractivity contribution in [2.24, 2.45) is 0 Å². The summed E-state index contributed by atoms with van der Waals surface area (Å²) >= 11 is 0. The highest BCUT2D eigenvalue weighted by Gasteiger charge is 2.12. The molecular weight excluding hydrogens is 352 g/mol. The van der Waals surface area contributed by atoms with Gasteiger partial charge in [-0.1, -0.05) is 64.7 Å². The minimum atomic E-state index is -1.10. The van der Waals surface area contributed by atoms with Gasteiger partial charge in [0, 0.05) is 6.42 Å². The van der Waals surface area contributed by atoms with Gasteiger partial charge in [0.25, 0.3) is 0 Å². The second-order valence-electron chi connectivity index (χ2n) is 6.85. The van der Waals surface area contributed by atoms with Crippen molar-refractivity contribution in [3.63, 3.8) is 0 Å². The summed E-state index contributed by atoms with van der Waals surface area (Å²) in [6.07, 6.45) is 10.5. The lowest BCUT2D eigenvalue weighted by Gasteiger charge is -2.11. The molecule has 0 fully saturated rings. The maximum atomic E-state index is 11.6. The number of aliphatic hydroxyl groups excluding tert-OH is 1. The zero-order valence-electron chi connectivity index (χ0n) is 16.6. The number of hydrogen-bond acceptors (Lipinski definition) is 6. The lowest BCUT2D eigenvalue weighted by Crippen LogP contribution is -2.25. The summed E-state index contributed by atoms with van der Waals surface area (Å²) in [5.74, 6) is -2.16. The van der Waals surface area contributed by atoms with Gasteiger partial charge in [0.15, 0.2) is 0 Å². The van der Waals surface area contributed by atoms with Gasteiger partial charge in [-0.3, -0.25) is 14.4 Å². The molecule has 0 amide bonds. The molecule has 0 aromatic carbocycles. The van der Waals surface area contributed by atoms with E-state index < -0.39 is 18.0 Å². The number of hydrogen-bond donors (Lipinski definition) is 2. The van der Waals surface area contributed by atoms with E-state index in [1.165, 1.54) is 44.9 Å². The van der Waals surface area contributed by atoms with Gasteiger partial charge in [0.05, 0.1) is 12.8 Å². The predicted molar refractivity (Wildman–Crippen MR) is 101 cm³/mol. The molecule has 0 saturated heterocycles. The monoisotopic (exact) mass is 388 g/mol. The van der Waals surface area contributed by atoms with Crippen molar-refractivity contribution in [3.8, 4) is 0 Å². The minimum Gasteiger partial charge on any atom is -0.481 e. The number of esters is 2. The number of aliphatic hydroxyl groups is 1. The topological polar surface area (TPSA) is 110 Å². The molecule has 27 heavy (non-hydrogen) atoms. The van der Waals surface area contributed by atoms with Gasteiger partial charge in [-0.05, 0) is 6.42 Å². The maximum absolute atomic E-state index is 11.6. The van der Waals surface area contributed by atoms with Gasteiger partial charge in [-0.15, -0.1) is 0 Å². The highest BCUT2D eigenvalue weighted by Crippen LogP contribution is 2.11. The van der Waals surface area contributed by atoms with Crippen molar-refractivity contribution >= 4 is 17.9 Å². The number of carbonyl (C=O) groups is 3. The van der Waals surface area contributed by atoms with Crippen LogP contribution in [0.1, 0.15) is 90.4 Å². The van der Waals surface area contributed by atoms with Crippen LogP contribution in [-0.2, 0) is 23.9 Å². The predicted octanol–water partition coefficient (Wildman–Crippen LogP) is 3.61. The molecule has 0 saturated carbocycles. The molecule has 0 aliphatic heterocycles. The third kappa shape index (κ3) is 18.9. The first-order valence-electron chi connectivity index (χ1n) is 10.2. The number of carbonyl (C=O) groups excluding carboxylic acids is 2. The highest BCUT2D eigenvalue weighted by atomic mass is 16.6. The quantitative estimate of drug-likeness (QED) is 0.272. The van der Waals surface area contributed by atoms with Crippen LogP contribution in [0.2, 0.25) is 0 Å². The third-order valence-electron chi connectivity index (χ3n) is 4.15. The second-order valence-corrected chi connectivity index (χ2v) is 6.85. The summed E-state index contributed by atoms with van der Waals surface area (Å²) in [4.78, 5) is 33.1. The molecule has 0 aromatic heterocycles. The van der Waals surface area contributed by atoms with Gasteiger partial charge < -0.3 is 19.7 Å². The molecule has 0 aliphatic rings. The Hall–Kier alpha value is -1.63. The molecule has 158 valence electrons. The number of ether oxygens (including phenoxy) is 2. The Morgan fingerprint density at radius 2 is 1.15 bits per heavy atom. The van der Waals surface area contributed by atoms with Crippen LogP contribution in [0.25, 0.3) is 0 Å². The number of carboxylic acids is 1. The van der Waals surface area contributed by atoms with E-state index in [0.717, 1.165) is 19.3 Å². The van der Waals surface area contributed by atoms with E-state index in [-0.39, 0.29) is 32.0 Å². The Morgan fingerprint density at radius 3 is 1.63 bits per heavy atom. The molecular formula is C20H36O7. The largest absolute Gasteiger partial charge is 0.481 e. The van der Waals surface area contributed by atoms with Crippen molar-refractivity contribution in [3.05, 3.63) is 0 Å². The first-order chi connectivity index (χ1) is 13.0. The van der Waals surface area contributed by atoms with E-state index in [0.29, 0.717) is 6.42 Å². The average molecular weight is 389 g/mol. The Bertz CT molecular complexity index is 409. The summed E-state index contributed by atoms with van der Waals surface area (Å²) in [6.45, 7) is 1.67. The van der Waals surface area contributed by atoms with Crippen molar-refractivity contribution in [1.82, 2.24) is 0 Å². The number of unbranched alkanes of at least 4 members (excludes halogenated alkanes) is 9. The summed E-state index contributed by atoms with van der Waals surface area (Å²) in [5, 5.41) is 18.0. The molecule has 0 aliphatic carbocycles. The van der Waals surface area contributed by atoms with Crippen LogP contribution in [0.15, 0.2) is 0 Å². The molecule has 0 bridgehead atoms. The van der Waals surface area contributed by atoms with Crippen molar-refractivity contribution in [2.75, 3.05) is 13.2 Å². The van der Waals surface area contributed by atoms with Gasteiger partial charge in [0.1, 0.15) is 19.3 Å². The molecule has 7 nitrogen and oxygen atoms in total. The summed E-state index contributed by atoms with van der Waals surface area (Å²) < 4.78 is 9.65. The SMILES string of the molecule is CCCCCCCCCCCCC(=O)OCC(O)COC(=O)CCC(=O)O. The van der Waals surface area contributed by atoms with Crippen LogP contribution in [0.3, 0.4) is 0 Å². The summed E-state index contributed by atoms with van der Waals surface area (Å²) in [7, 11) is 0.